The Kier molecular flexibility index (Phi) is 4.65. The highest BCUT2D eigenvalue weighted by atomic mass is 16.2. The third-order valence-electron chi connectivity index (χ3n) is 5.67. The smallest absolute Gasteiger partial charge is 0.319 e. The zero-order valence-electron chi connectivity index (χ0n) is 15.6. The topological polar surface area (TPSA) is 78.7 Å². The van der Waals surface area contributed by atoms with E-state index in [2.05, 4.69) is 27.5 Å². The number of carbonyl (C=O) groups is 1. The lowest BCUT2D eigenvalue weighted by Crippen LogP contribution is -2.49. The summed E-state index contributed by atoms with van der Waals surface area (Å²) in [6.07, 6.45) is 7.04. The number of nitrogens with zero attached hydrogens (tertiary/aromatic N) is 6. The van der Waals surface area contributed by atoms with Gasteiger partial charge in [-0.2, -0.15) is 9.61 Å². The van der Waals surface area contributed by atoms with E-state index in [1.807, 2.05) is 16.7 Å². The van der Waals surface area contributed by atoms with Gasteiger partial charge in [-0.05, 0) is 51.5 Å². The zero-order valence-corrected chi connectivity index (χ0v) is 15.6. The van der Waals surface area contributed by atoms with Crippen molar-refractivity contribution in [1.29, 1.82) is 0 Å². The lowest BCUT2D eigenvalue weighted by molar-refractivity contribution is 0.133. The van der Waals surface area contributed by atoms with Crippen LogP contribution < -0.4 is 5.32 Å². The molecule has 2 aromatic heterocycles. The van der Waals surface area contributed by atoms with E-state index in [1.54, 1.807) is 10.8 Å². The van der Waals surface area contributed by atoms with Gasteiger partial charge in [0.1, 0.15) is 6.33 Å². The van der Waals surface area contributed by atoms with Crippen molar-refractivity contribution in [2.24, 2.45) is 0 Å². The molecule has 2 aliphatic heterocycles. The predicted molar refractivity (Wildman–Crippen MR) is 99.3 cm³/mol. The van der Waals surface area contributed by atoms with Gasteiger partial charge in [-0.1, -0.05) is 0 Å². The minimum atomic E-state index is 0.221. The molecule has 0 aliphatic carbocycles. The van der Waals surface area contributed by atoms with Crippen molar-refractivity contribution in [3.63, 3.8) is 0 Å². The highest BCUT2D eigenvalue weighted by Crippen LogP contribution is 2.25. The number of amides is 2. The van der Waals surface area contributed by atoms with Crippen molar-refractivity contribution in [3.05, 3.63) is 17.6 Å². The van der Waals surface area contributed by atoms with Crippen molar-refractivity contribution in [2.45, 2.75) is 52.0 Å². The first-order valence-electron chi connectivity index (χ1n) is 9.61. The predicted octanol–water partition coefficient (Wildman–Crippen LogP) is 2.22. The first kappa shape index (κ1) is 17.1. The number of urea groups is 1. The number of nitrogens with one attached hydrogen (secondary N) is 1. The molecule has 1 N–H and O–H groups in total. The van der Waals surface area contributed by atoms with E-state index in [0.717, 1.165) is 74.5 Å². The minimum absolute atomic E-state index is 0.221. The fourth-order valence-corrected chi connectivity index (χ4v) is 3.93. The van der Waals surface area contributed by atoms with Gasteiger partial charge in [-0.3, -0.25) is 0 Å². The fraction of sp³-hybridized carbons (Fsp3) is 0.667. The minimum Gasteiger partial charge on any atom is -0.379 e. The maximum Gasteiger partial charge on any atom is 0.319 e. The molecule has 0 unspecified atom stereocenters. The summed E-state index contributed by atoms with van der Waals surface area (Å²) in [7, 11) is 0. The molecule has 2 fully saturated rings. The summed E-state index contributed by atoms with van der Waals surface area (Å²) in [6.45, 7) is 7.50. The summed E-state index contributed by atoms with van der Waals surface area (Å²) in [5.41, 5.74) is 3.85. The van der Waals surface area contributed by atoms with E-state index in [9.17, 15) is 4.79 Å². The summed E-state index contributed by atoms with van der Waals surface area (Å²) < 4.78 is 1.72. The number of aryl methyl sites for hydroxylation is 1. The van der Waals surface area contributed by atoms with Gasteiger partial charge in [0.2, 0.25) is 5.65 Å². The average Bonchev–Trinajstić information content (AvgIpc) is 3.14. The highest BCUT2D eigenvalue weighted by Gasteiger charge is 2.27. The number of rotatable bonds is 2. The second-order valence-electron chi connectivity index (χ2n) is 7.42. The van der Waals surface area contributed by atoms with Gasteiger partial charge in [-0.25, -0.2) is 4.79 Å². The van der Waals surface area contributed by atoms with Gasteiger partial charge in [-0.15, -0.1) is 10.2 Å². The van der Waals surface area contributed by atoms with Gasteiger partial charge < -0.3 is 15.1 Å². The van der Waals surface area contributed by atoms with Crippen molar-refractivity contribution < 1.29 is 4.79 Å². The Hall–Kier alpha value is -2.38. The van der Waals surface area contributed by atoms with Crippen LogP contribution in [0.1, 0.15) is 43.4 Å². The molecule has 4 heterocycles. The Morgan fingerprint density at radius 2 is 1.77 bits per heavy atom. The van der Waals surface area contributed by atoms with E-state index in [1.165, 1.54) is 6.42 Å². The van der Waals surface area contributed by atoms with E-state index in [-0.39, 0.29) is 6.03 Å². The Morgan fingerprint density at radius 3 is 2.50 bits per heavy atom. The third kappa shape index (κ3) is 3.20. The molecule has 0 spiro atoms. The molecule has 26 heavy (non-hydrogen) atoms. The normalized spacial score (nSPS) is 19.2. The lowest BCUT2D eigenvalue weighted by Gasteiger charge is -2.37. The van der Waals surface area contributed by atoms with E-state index < -0.39 is 0 Å². The molecule has 8 nitrogen and oxygen atoms in total. The lowest BCUT2D eigenvalue weighted by atomic mass is 10.0. The van der Waals surface area contributed by atoms with Crippen molar-refractivity contribution in [1.82, 2.24) is 29.6 Å². The summed E-state index contributed by atoms with van der Waals surface area (Å²) in [5.74, 6) is 0. The van der Waals surface area contributed by atoms with Gasteiger partial charge >= 0.3 is 6.03 Å². The molecule has 0 bridgehead atoms. The SMILES string of the molecule is Cc1nn2cnnc2c(NC2CCN(C(=O)N3CCCCC3)CC2)c1C. The molecule has 0 radical (unpaired) electrons. The highest BCUT2D eigenvalue weighted by molar-refractivity contribution is 5.75. The van der Waals surface area contributed by atoms with Crippen LogP contribution in [-0.2, 0) is 0 Å². The standard InChI is InChI=1S/C18H27N7O/c1-13-14(2)22-25-12-19-21-17(25)16(13)20-15-6-10-24(11-7-15)18(26)23-8-4-3-5-9-23/h12,15,20H,3-11H2,1-2H3. The van der Waals surface area contributed by atoms with Crippen LogP contribution in [0.3, 0.4) is 0 Å². The summed E-state index contributed by atoms with van der Waals surface area (Å²) >= 11 is 0. The van der Waals surface area contributed by atoms with Crippen LogP contribution in [0.15, 0.2) is 6.33 Å². The molecule has 4 rings (SSSR count). The van der Waals surface area contributed by atoms with Gasteiger partial charge in [0.05, 0.1) is 11.4 Å². The van der Waals surface area contributed by atoms with E-state index in [0.29, 0.717) is 6.04 Å². The second kappa shape index (κ2) is 7.09. The number of piperidine rings is 2. The number of carbonyl (C=O) groups excluding carboxylic acids is 1. The molecule has 2 aromatic rings. The van der Waals surface area contributed by atoms with Crippen molar-refractivity contribution in [3.8, 4) is 0 Å². The Morgan fingerprint density at radius 1 is 1.08 bits per heavy atom. The molecular formula is C18H27N7O. The van der Waals surface area contributed by atoms with E-state index in [4.69, 9.17) is 0 Å². The van der Waals surface area contributed by atoms with Crippen LogP contribution in [0.2, 0.25) is 0 Å². The summed E-state index contributed by atoms with van der Waals surface area (Å²) in [5, 5.41) is 16.3. The van der Waals surface area contributed by atoms with Crippen molar-refractivity contribution in [2.75, 3.05) is 31.5 Å². The number of hydrogen-bond donors (Lipinski definition) is 1. The molecule has 8 heteroatoms. The van der Waals surface area contributed by atoms with Crippen LogP contribution in [0, 0.1) is 13.8 Å². The fourth-order valence-electron chi connectivity index (χ4n) is 3.93. The molecule has 2 aliphatic rings. The number of hydrogen-bond acceptors (Lipinski definition) is 5. The number of anilines is 1. The number of fused-ring (bicyclic) bond motifs is 1. The monoisotopic (exact) mass is 357 g/mol. The molecule has 0 atom stereocenters. The van der Waals surface area contributed by atoms with Crippen LogP contribution in [0.25, 0.3) is 5.65 Å². The molecular weight excluding hydrogens is 330 g/mol. The Labute approximate surface area is 153 Å². The molecule has 140 valence electrons. The molecule has 0 saturated carbocycles. The molecule has 0 aromatic carbocycles. The number of aromatic nitrogens is 4. The second-order valence-corrected chi connectivity index (χ2v) is 7.42. The molecule has 2 saturated heterocycles. The summed E-state index contributed by atoms with van der Waals surface area (Å²) in [4.78, 5) is 16.7. The quantitative estimate of drug-likeness (QED) is 0.892. The largest absolute Gasteiger partial charge is 0.379 e. The van der Waals surface area contributed by atoms with Gasteiger partial charge in [0.15, 0.2) is 0 Å². The maximum atomic E-state index is 12.7. The van der Waals surface area contributed by atoms with Gasteiger partial charge in [0, 0.05) is 32.2 Å². The van der Waals surface area contributed by atoms with Crippen molar-refractivity contribution >= 4 is 17.4 Å². The zero-order chi connectivity index (χ0) is 18.1. The first-order chi connectivity index (χ1) is 12.6. The Balaban J connectivity index is 1.41. The van der Waals surface area contributed by atoms with Gasteiger partial charge in [0.25, 0.3) is 0 Å². The third-order valence-corrected chi connectivity index (χ3v) is 5.67. The Bertz CT molecular complexity index is 788. The van der Waals surface area contributed by atoms with Crippen LogP contribution >= 0.6 is 0 Å². The maximum absolute atomic E-state index is 12.7. The van der Waals surface area contributed by atoms with Crippen LogP contribution in [-0.4, -0.2) is 67.9 Å². The van der Waals surface area contributed by atoms with Crippen LogP contribution in [0.4, 0.5) is 10.5 Å². The molecule has 2 amide bonds. The average molecular weight is 357 g/mol. The van der Waals surface area contributed by atoms with Crippen LogP contribution in [0.5, 0.6) is 0 Å². The number of likely N-dealkylation sites (tertiary alicyclic amines) is 2. The first-order valence-corrected chi connectivity index (χ1v) is 9.61. The summed E-state index contributed by atoms with van der Waals surface area (Å²) in [6, 6.07) is 0.556. The van der Waals surface area contributed by atoms with E-state index >= 15 is 0 Å².